The minimum absolute atomic E-state index is 0.110. The summed E-state index contributed by atoms with van der Waals surface area (Å²) >= 11 is 6.01. The fourth-order valence-electron chi connectivity index (χ4n) is 2.57. The molecule has 1 aromatic heterocycles. The van der Waals surface area contributed by atoms with Gasteiger partial charge in [0.15, 0.2) is 0 Å². The third-order valence-corrected chi connectivity index (χ3v) is 3.93. The average Bonchev–Trinajstić information content (AvgIpc) is 2.60. The number of ether oxygens (including phenoxy) is 1. The highest BCUT2D eigenvalue weighted by Gasteiger charge is 2.28. The van der Waals surface area contributed by atoms with Gasteiger partial charge in [-0.05, 0) is 36.8 Å². The van der Waals surface area contributed by atoms with Crippen molar-refractivity contribution >= 4 is 29.1 Å². The Balaban J connectivity index is 1.60. The number of carbonyl (C=O) groups excluding carboxylic acids is 2. The first kappa shape index (κ1) is 16.3. The van der Waals surface area contributed by atoms with E-state index in [0.29, 0.717) is 29.5 Å². The summed E-state index contributed by atoms with van der Waals surface area (Å²) in [4.78, 5) is 28.2. The zero-order valence-corrected chi connectivity index (χ0v) is 13.5. The van der Waals surface area contributed by atoms with Crippen molar-refractivity contribution in [2.75, 3.05) is 18.5 Å². The van der Waals surface area contributed by atoms with Gasteiger partial charge in [-0.1, -0.05) is 11.6 Å². The highest BCUT2D eigenvalue weighted by molar-refractivity contribution is 6.30. The number of rotatable bonds is 4. The molecule has 6 nitrogen and oxygen atoms in total. The van der Waals surface area contributed by atoms with Crippen LogP contribution < -0.4 is 15.4 Å². The number of aromatic nitrogens is 1. The number of halogens is 1. The van der Waals surface area contributed by atoms with Gasteiger partial charge in [-0.15, -0.1) is 0 Å². The van der Waals surface area contributed by atoms with Crippen LogP contribution in [0.3, 0.4) is 0 Å². The van der Waals surface area contributed by atoms with E-state index in [-0.39, 0.29) is 24.3 Å². The molecule has 1 unspecified atom stereocenters. The number of benzene rings is 1. The molecule has 0 radical (unpaired) electrons. The van der Waals surface area contributed by atoms with Gasteiger partial charge in [-0.2, -0.15) is 0 Å². The molecule has 1 aliphatic heterocycles. The summed E-state index contributed by atoms with van der Waals surface area (Å²) < 4.78 is 5.54. The predicted octanol–water partition coefficient (Wildman–Crippen LogP) is 2.36. The third-order valence-electron chi connectivity index (χ3n) is 3.70. The van der Waals surface area contributed by atoms with Crippen molar-refractivity contribution in [1.82, 2.24) is 10.3 Å². The molecule has 2 N–H and O–H groups in total. The Labute approximate surface area is 144 Å². The maximum atomic E-state index is 12.4. The van der Waals surface area contributed by atoms with E-state index in [1.807, 2.05) is 0 Å². The van der Waals surface area contributed by atoms with Crippen molar-refractivity contribution < 1.29 is 14.3 Å². The number of carbonyl (C=O) groups is 2. The van der Waals surface area contributed by atoms with Gasteiger partial charge in [0.1, 0.15) is 5.75 Å². The zero-order chi connectivity index (χ0) is 16.9. The van der Waals surface area contributed by atoms with E-state index in [0.717, 1.165) is 5.56 Å². The van der Waals surface area contributed by atoms with Crippen LogP contribution in [0.4, 0.5) is 5.69 Å². The molecule has 0 fully saturated rings. The minimum atomic E-state index is -0.376. The van der Waals surface area contributed by atoms with Crippen LogP contribution in [0.25, 0.3) is 0 Å². The first-order valence-electron chi connectivity index (χ1n) is 7.53. The van der Waals surface area contributed by atoms with Gasteiger partial charge in [0.2, 0.25) is 11.8 Å². The molecule has 2 heterocycles. The third kappa shape index (κ3) is 3.83. The van der Waals surface area contributed by atoms with Crippen LogP contribution in [0.15, 0.2) is 42.7 Å². The van der Waals surface area contributed by atoms with E-state index in [1.54, 1.807) is 36.5 Å². The molecular weight excluding hydrogens is 330 g/mol. The summed E-state index contributed by atoms with van der Waals surface area (Å²) in [5.41, 5.74) is 1.33. The molecule has 2 amide bonds. The van der Waals surface area contributed by atoms with Gasteiger partial charge >= 0.3 is 0 Å². The number of hydrogen-bond donors (Lipinski definition) is 2. The number of hydrogen-bond acceptors (Lipinski definition) is 4. The molecule has 1 aromatic carbocycles. The highest BCUT2D eigenvalue weighted by Crippen LogP contribution is 2.35. The van der Waals surface area contributed by atoms with Gasteiger partial charge in [-0.25, -0.2) is 0 Å². The number of fused-ring (bicyclic) bond motifs is 1. The van der Waals surface area contributed by atoms with Crippen molar-refractivity contribution in [3.8, 4) is 5.75 Å². The van der Waals surface area contributed by atoms with Gasteiger partial charge in [0.25, 0.3) is 0 Å². The van der Waals surface area contributed by atoms with Crippen LogP contribution in [0.1, 0.15) is 17.9 Å². The van der Waals surface area contributed by atoms with Crippen LogP contribution in [0, 0.1) is 0 Å². The van der Waals surface area contributed by atoms with Crippen LogP contribution in [-0.4, -0.2) is 29.9 Å². The molecule has 1 atom stereocenters. The topological polar surface area (TPSA) is 80.3 Å². The van der Waals surface area contributed by atoms with Crippen molar-refractivity contribution in [1.29, 1.82) is 0 Å². The Kier molecular flexibility index (Phi) is 4.96. The SMILES string of the molecule is O=C(CNC(=O)C1CCOc2ccc(Cl)cc21)Nc1cccnc1. The molecule has 24 heavy (non-hydrogen) atoms. The largest absolute Gasteiger partial charge is 0.493 e. The maximum absolute atomic E-state index is 12.4. The molecule has 124 valence electrons. The van der Waals surface area contributed by atoms with E-state index in [4.69, 9.17) is 16.3 Å². The van der Waals surface area contributed by atoms with Gasteiger partial charge in [-0.3, -0.25) is 14.6 Å². The van der Waals surface area contributed by atoms with E-state index in [2.05, 4.69) is 15.6 Å². The summed E-state index contributed by atoms with van der Waals surface area (Å²) in [6, 6.07) is 8.66. The Morgan fingerprint density at radius 2 is 2.21 bits per heavy atom. The average molecular weight is 346 g/mol. The summed E-state index contributed by atoms with van der Waals surface area (Å²) in [7, 11) is 0. The number of anilines is 1. The van der Waals surface area contributed by atoms with Crippen molar-refractivity contribution in [2.24, 2.45) is 0 Å². The lowest BCUT2D eigenvalue weighted by Gasteiger charge is -2.25. The number of pyridine rings is 1. The summed E-state index contributed by atoms with van der Waals surface area (Å²) in [6.45, 7) is 0.343. The fourth-order valence-corrected chi connectivity index (χ4v) is 2.75. The Bertz CT molecular complexity index is 752. The lowest BCUT2D eigenvalue weighted by molar-refractivity contribution is -0.125. The Hall–Kier alpha value is -2.60. The standard InChI is InChI=1S/C17H16ClN3O3/c18-11-3-4-15-14(8-11)13(5-7-24-15)17(23)20-10-16(22)21-12-2-1-6-19-9-12/h1-4,6,8-9,13H,5,7,10H2,(H,20,23)(H,21,22). The molecule has 0 saturated heterocycles. The zero-order valence-electron chi connectivity index (χ0n) is 12.8. The smallest absolute Gasteiger partial charge is 0.243 e. The van der Waals surface area contributed by atoms with E-state index in [9.17, 15) is 9.59 Å². The molecule has 3 rings (SSSR count). The van der Waals surface area contributed by atoms with Crippen molar-refractivity contribution in [3.63, 3.8) is 0 Å². The minimum Gasteiger partial charge on any atom is -0.493 e. The lowest BCUT2D eigenvalue weighted by atomic mass is 9.92. The van der Waals surface area contributed by atoms with E-state index >= 15 is 0 Å². The molecular formula is C17H16ClN3O3. The molecule has 0 saturated carbocycles. The van der Waals surface area contributed by atoms with Crippen LogP contribution in [0.2, 0.25) is 5.02 Å². The van der Waals surface area contributed by atoms with E-state index < -0.39 is 0 Å². The van der Waals surface area contributed by atoms with Crippen LogP contribution in [0.5, 0.6) is 5.75 Å². The van der Waals surface area contributed by atoms with Gasteiger partial charge in [0.05, 0.1) is 31.0 Å². The quantitative estimate of drug-likeness (QED) is 0.891. The summed E-state index contributed by atoms with van der Waals surface area (Å²) in [5.74, 6) is -0.248. The molecule has 1 aliphatic rings. The van der Waals surface area contributed by atoms with Crippen LogP contribution >= 0.6 is 11.6 Å². The molecule has 0 bridgehead atoms. The first-order chi connectivity index (χ1) is 11.6. The van der Waals surface area contributed by atoms with E-state index in [1.165, 1.54) is 6.20 Å². The second kappa shape index (κ2) is 7.31. The first-order valence-corrected chi connectivity index (χ1v) is 7.91. The number of nitrogens with zero attached hydrogens (tertiary/aromatic N) is 1. The number of nitrogens with one attached hydrogen (secondary N) is 2. The van der Waals surface area contributed by atoms with Gasteiger partial charge < -0.3 is 15.4 Å². The summed E-state index contributed by atoms with van der Waals surface area (Å²) in [5, 5.41) is 5.88. The van der Waals surface area contributed by atoms with Crippen molar-refractivity contribution in [2.45, 2.75) is 12.3 Å². The lowest BCUT2D eigenvalue weighted by Crippen LogP contribution is -2.37. The highest BCUT2D eigenvalue weighted by atomic mass is 35.5. The van der Waals surface area contributed by atoms with Crippen LogP contribution in [-0.2, 0) is 9.59 Å². The van der Waals surface area contributed by atoms with Crippen molar-refractivity contribution in [3.05, 3.63) is 53.3 Å². The normalized spacial score (nSPS) is 15.8. The fraction of sp³-hybridized carbons (Fsp3) is 0.235. The molecule has 0 spiro atoms. The number of amides is 2. The predicted molar refractivity (Wildman–Crippen MR) is 90.2 cm³/mol. The maximum Gasteiger partial charge on any atom is 0.243 e. The summed E-state index contributed by atoms with van der Waals surface area (Å²) in [6.07, 6.45) is 3.70. The monoisotopic (exact) mass is 345 g/mol. The molecule has 7 heteroatoms. The Morgan fingerprint density at radius 3 is 3.00 bits per heavy atom. The second-order valence-electron chi connectivity index (χ2n) is 5.38. The second-order valence-corrected chi connectivity index (χ2v) is 5.82. The van der Waals surface area contributed by atoms with Gasteiger partial charge in [0, 0.05) is 16.8 Å². The molecule has 2 aromatic rings. The molecule has 0 aliphatic carbocycles. The Morgan fingerprint density at radius 1 is 1.33 bits per heavy atom.